The Morgan fingerprint density at radius 3 is 2.85 bits per heavy atom. The molecule has 2 N–H and O–H groups in total. The van der Waals surface area contributed by atoms with E-state index in [0.29, 0.717) is 6.61 Å². The van der Waals surface area contributed by atoms with Crippen molar-refractivity contribution < 1.29 is 14.3 Å². The summed E-state index contributed by atoms with van der Waals surface area (Å²) in [5.41, 5.74) is 0.815. The summed E-state index contributed by atoms with van der Waals surface area (Å²) in [4.78, 5) is 0. The van der Waals surface area contributed by atoms with Gasteiger partial charge in [-0.05, 0) is 31.5 Å². The molecule has 1 heterocycles. The van der Waals surface area contributed by atoms with Crippen LogP contribution in [-0.4, -0.2) is 25.4 Å². The lowest BCUT2D eigenvalue weighted by molar-refractivity contribution is 0.282. The van der Waals surface area contributed by atoms with Gasteiger partial charge >= 0.3 is 0 Å². The minimum atomic E-state index is 0.300. The van der Waals surface area contributed by atoms with Crippen LogP contribution in [0.15, 0.2) is 28.7 Å². The molecule has 1 aromatic heterocycles. The third-order valence-corrected chi connectivity index (χ3v) is 3.34. The van der Waals surface area contributed by atoms with Crippen LogP contribution in [0.5, 0.6) is 5.75 Å². The van der Waals surface area contributed by atoms with Crippen LogP contribution in [0.1, 0.15) is 31.4 Å². The lowest BCUT2D eigenvalue weighted by atomic mass is 10.2. The van der Waals surface area contributed by atoms with E-state index in [9.17, 15) is 0 Å². The highest BCUT2D eigenvalue weighted by atomic mass is 16.5. The largest absolute Gasteiger partial charge is 0.493 e. The second kappa shape index (κ2) is 7.92. The predicted molar refractivity (Wildman–Crippen MR) is 80.0 cm³/mol. The van der Waals surface area contributed by atoms with Crippen molar-refractivity contribution in [2.24, 2.45) is 0 Å². The Bertz CT molecular complexity index is 521. The number of hydrogen-bond donors (Lipinski definition) is 2. The van der Waals surface area contributed by atoms with Gasteiger partial charge < -0.3 is 19.6 Å². The van der Waals surface area contributed by atoms with E-state index in [1.807, 2.05) is 18.2 Å². The van der Waals surface area contributed by atoms with Crippen molar-refractivity contribution >= 4 is 11.0 Å². The molecule has 0 spiro atoms. The fourth-order valence-electron chi connectivity index (χ4n) is 2.26. The van der Waals surface area contributed by atoms with Crippen molar-refractivity contribution in [2.75, 3.05) is 20.3 Å². The number of para-hydroxylation sites is 1. The number of nitrogens with one attached hydrogen (secondary N) is 1. The molecule has 2 aromatic rings. The summed E-state index contributed by atoms with van der Waals surface area (Å²) in [6.07, 6.45) is 4.29. The molecule has 0 saturated carbocycles. The first-order chi connectivity index (χ1) is 9.85. The molecule has 4 nitrogen and oxygen atoms in total. The number of hydrogen-bond acceptors (Lipinski definition) is 4. The molecule has 4 heteroatoms. The van der Waals surface area contributed by atoms with Crippen molar-refractivity contribution in [1.29, 1.82) is 0 Å². The third kappa shape index (κ3) is 3.99. The normalized spacial score (nSPS) is 11.1. The van der Waals surface area contributed by atoms with E-state index in [1.54, 1.807) is 7.11 Å². The molecule has 0 saturated heterocycles. The van der Waals surface area contributed by atoms with E-state index in [1.165, 1.54) is 0 Å². The van der Waals surface area contributed by atoms with E-state index in [-0.39, 0.29) is 0 Å². The third-order valence-electron chi connectivity index (χ3n) is 3.34. The number of benzene rings is 1. The average molecular weight is 277 g/mol. The molecule has 0 bridgehead atoms. The Kier molecular flexibility index (Phi) is 5.89. The van der Waals surface area contributed by atoms with Crippen molar-refractivity contribution in [3.8, 4) is 5.75 Å². The fraction of sp³-hybridized carbons (Fsp3) is 0.500. The van der Waals surface area contributed by atoms with Gasteiger partial charge in [0.1, 0.15) is 5.76 Å². The monoisotopic (exact) mass is 277 g/mol. The zero-order chi connectivity index (χ0) is 14.2. The van der Waals surface area contributed by atoms with Gasteiger partial charge in [-0.15, -0.1) is 0 Å². The first kappa shape index (κ1) is 14.9. The van der Waals surface area contributed by atoms with Gasteiger partial charge in [0.05, 0.1) is 13.7 Å². The zero-order valence-corrected chi connectivity index (χ0v) is 12.0. The van der Waals surface area contributed by atoms with E-state index in [2.05, 4.69) is 11.4 Å². The molecule has 20 heavy (non-hydrogen) atoms. The summed E-state index contributed by atoms with van der Waals surface area (Å²) in [5, 5.41) is 13.1. The molecule has 0 unspecified atom stereocenters. The minimum Gasteiger partial charge on any atom is -0.493 e. The van der Waals surface area contributed by atoms with Crippen molar-refractivity contribution in [3.63, 3.8) is 0 Å². The van der Waals surface area contributed by atoms with Crippen molar-refractivity contribution in [2.45, 2.75) is 32.2 Å². The molecule has 110 valence electrons. The molecule has 0 aliphatic rings. The van der Waals surface area contributed by atoms with Gasteiger partial charge in [0.2, 0.25) is 0 Å². The lowest BCUT2D eigenvalue weighted by Gasteiger charge is -2.02. The van der Waals surface area contributed by atoms with Crippen LogP contribution < -0.4 is 10.1 Å². The molecular formula is C16H23NO3. The maximum atomic E-state index is 8.69. The second-order valence-electron chi connectivity index (χ2n) is 4.91. The summed E-state index contributed by atoms with van der Waals surface area (Å²) in [6, 6.07) is 7.95. The van der Waals surface area contributed by atoms with Crippen LogP contribution >= 0.6 is 0 Å². The Balaban J connectivity index is 1.79. The summed E-state index contributed by atoms with van der Waals surface area (Å²) in [7, 11) is 1.65. The van der Waals surface area contributed by atoms with E-state index >= 15 is 0 Å². The van der Waals surface area contributed by atoms with Gasteiger partial charge in [-0.1, -0.05) is 25.0 Å². The van der Waals surface area contributed by atoms with Crippen LogP contribution in [0, 0.1) is 0 Å². The van der Waals surface area contributed by atoms with Crippen LogP contribution in [-0.2, 0) is 6.54 Å². The van der Waals surface area contributed by atoms with Crippen LogP contribution in [0.25, 0.3) is 11.0 Å². The lowest BCUT2D eigenvalue weighted by Crippen LogP contribution is -2.14. The molecular weight excluding hydrogens is 254 g/mol. The Morgan fingerprint density at radius 2 is 2.05 bits per heavy atom. The Hall–Kier alpha value is -1.52. The van der Waals surface area contributed by atoms with Gasteiger partial charge in [-0.3, -0.25) is 0 Å². The van der Waals surface area contributed by atoms with Gasteiger partial charge in [0.15, 0.2) is 11.3 Å². The second-order valence-corrected chi connectivity index (χ2v) is 4.91. The van der Waals surface area contributed by atoms with Gasteiger partial charge in [0, 0.05) is 12.0 Å². The van der Waals surface area contributed by atoms with Crippen LogP contribution in [0.4, 0.5) is 0 Å². The molecule has 0 fully saturated rings. The number of rotatable bonds is 9. The standard InChI is InChI=1S/C16H23NO3/c1-19-15-8-6-7-13-11-14(20-16(13)15)12-17-9-4-2-3-5-10-18/h6-8,11,17-18H,2-5,9-10,12H2,1H3. The average Bonchev–Trinajstić information content (AvgIpc) is 2.89. The number of unbranched alkanes of at least 4 members (excludes halogenated alkanes) is 3. The number of methoxy groups -OCH3 is 1. The summed E-state index contributed by atoms with van der Waals surface area (Å²) < 4.78 is 11.1. The topological polar surface area (TPSA) is 54.6 Å². The highest BCUT2D eigenvalue weighted by molar-refractivity contribution is 5.83. The molecule has 2 rings (SSSR count). The van der Waals surface area contributed by atoms with Gasteiger partial charge in [0.25, 0.3) is 0 Å². The molecule has 0 amide bonds. The maximum absolute atomic E-state index is 8.69. The van der Waals surface area contributed by atoms with E-state index in [4.69, 9.17) is 14.3 Å². The number of furan rings is 1. The van der Waals surface area contributed by atoms with E-state index in [0.717, 1.165) is 61.3 Å². The first-order valence-corrected chi connectivity index (χ1v) is 7.22. The first-order valence-electron chi connectivity index (χ1n) is 7.22. The number of aliphatic hydroxyl groups is 1. The SMILES string of the molecule is COc1cccc2cc(CNCCCCCCO)oc12. The van der Waals surface area contributed by atoms with Crippen molar-refractivity contribution in [1.82, 2.24) is 5.32 Å². The number of ether oxygens (including phenoxy) is 1. The molecule has 0 radical (unpaired) electrons. The molecule has 0 aliphatic carbocycles. The predicted octanol–water partition coefficient (Wildman–Crippen LogP) is 3.08. The maximum Gasteiger partial charge on any atom is 0.176 e. The van der Waals surface area contributed by atoms with E-state index < -0.39 is 0 Å². The Labute approximate surface area is 119 Å². The molecule has 0 atom stereocenters. The minimum absolute atomic E-state index is 0.300. The van der Waals surface area contributed by atoms with Gasteiger partial charge in [-0.2, -0.15) is 0 Å². The van der Waals surface area contributed by atoms with Crippen molar-refractivity contribution in [3.05, 3.63) is 30.0 Å². The summed E-state index contributed by atoms with van der Waals surface area (Å²) in [5.74, 6) is 1.71. The molecule has 0 aliphatic heterocycles. The smallest absolute Gasteiger partial charge is 0.176 e. The number of fused-ring (bicyclic) bond motifs is 1. The number of aliphatic hydroxyl groups excluding tert-OH is 1. The van der Waals surface area contributed by atoms with Crippen LogP contribution in [0.3, 0.4) is 0 Å². The van der Waals surface area contributed by atoms with Crippen LogP contribution in [0.2, 0.25) is 0 Å². The summed E-state index contributed by atoms with van der Waals surface area (Å²) in [6.45, 7) is 2.01. The fourth-order valence-corrected chi connectivity index (χ4v) is 2.26. The zero-order valence-electron chi connectivity index (χ0n) is 12.0. The Morgan fingerprint density at radius 1 is 1.20 bits per heavy atom. The molecule has 1 aromatic carbocycles. The quantitative estimate of drug-likeness (QED) is 0.692. The highest BCUT2D eigenvalue weighted by Gasteiger charge is 2.07. The highest BCUT2D eigenvalue weighted by Crippen LogP contribution is 2.28. The van der Waals surface area contributed by atoms with Gasteiger partial charge in [-0.25, -0.2) is 0 Å². The summed E-state index contributed by atoms with van der Waals surface area (Å²) >= 11 is 0.